The van der Waals surface area contributed by atoms with Gasteiger partial charge in [0, 0.05) is 45.3 Å². The second-order valence-corrected chi connectivity index (χ2v) is 7.01. The van der Waals surface area contributed by atoms with Crippen molar-refractivity contribution in [1.82, 2.24) is 29.7 Å². The number of aromatic nitrogens is 4. The van der Waals surface area contributed by atoms with Crippen LogP contribution >= 0.6 is 0 Å². The standard InChI is InChI=1S/C19H24N6O2/c1-24(2)19(27)17-9-16(22-13-23-17)8-14-4-3-6-25(7-5-14)18(26)15-10-20-12-21-11-15/h9-14H,3-8H2,1-2H3/t14-/m0/s1. The maximum absolute atomic E-state index is 12.6. The third kappa shape index (κ3) is 4.84. The van der Waals surface area contributed by atoms with E-state index in [4.69, 9.17) is 0 Å². The summed E-state index contributed by atoms with van der Waals surface area (Å²) in [4.78, 5) is 44.3. The number of nitrogens with zero attached hydrogens (tertiary/aromatic N) is 6. The summed E-state index contributed by atoms with van der Waals surface area (Å²) in [6, 6.07) is 1.78. The first-order valence-corrected chi connectivity index (χ1v) is 9.11. The molecule has 8 nitrogen and oxygen atoms in total. The summed E-state index contributed by atoms with van der Waals surface area (Å²) in [7, 11) is 3.41. The molecule has 2 aromatic heterocycles. The van der Waals surface area contributed by atoms with Crippen LogP contribution in [0.15, 0.2) is 31.1 Å². The number of amides is 2. The Balaban J connectivity index is 1.61. The summed E-state index contributed by atoms with van der Waals surface area (Å²) >= 11 is 0. The summed E-state index contributed by atoms with van der Waals surface area (Å²) in [5, 5.41) is 0. The van der Waals surface area contributed by atoms with Crippen molar-refractivity contribution >= 4 is 11.8 Å². The van der Waals surface area contributed by atoms with E-state index in [1.165, 1.54) is 17.6 Å². The van der Waals surface area contributed by atoms with Gasteiger partial charge in [0.2, 0.25) is 0 Å². The fraction of sp³-hybridized carbons (Fsp3) is 0.474. The zero-order valence-electron chi connectivity index (χ0n) is 15.7. The molecule has 2 amide bonds. The van der Waals surface area contributed by atoms with Gasteiger partial charge in [-0.05, 0) is 37.7 Å². The zero-order valence-corrected chi connectivity index (χ0v) is 15.7. The summed E-state index contributed by atoms with van der Waals surface area (Å²) < 4.78 is 0. The minimum Gasteiger partial charge on any atom is -0.343 e. The van der Waals surface area contributed by atoms with E-state index in [2.05, 4.69) is 19.9 Å². The van der Waals surface area contributed by atoms with Crippen LogP contribution in [0.3, 0.4) is 0 Å². The van der Waals surface area contributed by atoms with Crippen LogP contribution in [0.25, 0.3) is 0 Å². The zero-order chi connectivity index (χ0) is 19.2. The Bertz CT molecular complexity index is 796. The monoisotopic (exact) mass is 368 g/mol. The van der Waals surface area contributed by atoms with Crippen LogP contribution in [-0.2, 0) is 6.42 Å². The van der Waals surface area contributed by atoms with Gasteiger partial charge in [-0.3, -0.25) is 9.59 Å². The van der Waals surface area contributed by atoms with Crippen LogP contribution in [0.1, 0.15) is 45.8 Å². The Hall–Kier alpha value is -2.90. The van der Waals surface area contributed by atoms with E-state index in [-0.39, 0.29) is 11.8 Å². The van der Waals surface area contributed by atoms with E-state index in [0.29, 0.717) is 23.7 Å². The molecule has 1 aliphatic rings. The van der Waals surface area contributed by atoms with Crippen molar-refractivity contribution in [2.75, 3.05) is 27.2 Å². The third-order valence-electron chi connectivity index (χ3n) is 4.79. The van der Waals surface area contributed by atoms with Crippen molar-refractivity contribution < 1.29 is 9.59 Å². The first kappa shape index (κ1) is 18.9. The van der Waals surface area contributed by atoms with Crippen molar-refractivity contribution in [3.05, 3.63) is 48.1 Å². The molecule has 0 aliphatic carbocycles. The van der Waals surface area contributed by atoms with Crippen LogP contribution < -0.4 is 0 Å². The van der Waals surface area contributed by atoms with Gasteiger partial charge in [0.15, 0.2) is 0 Å². The average Bonchev–Trinajstić information content (AvgIpc) is 2.93. The highest BCUT2D eigenvalue weighted by molar-refractivity contribution is 5.93. The molecule has 0 saturated carbocycles. The van der Waals surface area contributed by atoms with E-state index in [9.17, 15) is 9.59 Å². The first-order chi connectivity index (χ1) is 13.0. The molecule has 3 rings (SSSR count). The lowest BCUT2D eigenvalue weighted by Gasteiger charge is -2.20. The number of hydrogen-bond acceptors (Lipinski definition) is 6. The van der Waals surface area contributed by atoms with Gasteiger partial charge < -0.3 is 9.80 Å². The molecule has 1 saturated heterocycles. The summed E-state index contributed by atoms with van der Waals surface area (Å²) in [5.41, 5.74) is 1.81. The van der Waals surface area contributed by atoms with Crippen LogP contribution in [0.5, 0.6) is 0 Å². The minimum atomic E-state index is -0.124. The molecular formula is C19H24N6O2. The van der Waals surface area contributed by atoms with Gasteiger partial charge in [-0.15, -0.1) is 0 Å². The molecule has 142 valence electrons. The average molecular weight is 368 g/mol. The fourth-order valence-corrected chi connectivity index (χ4v) is 3.32. The number of carbonyl (C=O) groups is 2. The van der Waals surface area contributed by atoms with Gasteiger partial charge in [-0.25, -0.2) is 19.9 Å². The summed E-state index contributed by atoms with van der Waals surface area (Å²) in [6.45, 7) is 1.44. The number of rotatable bonds is 4. The smallest absolute Gasteiger partial charge is 0.272 e. The molecule has 1 aliphatic heterocycles. The maximum atomic E-state index is 12.6. The largest absolute Gasteiger partial charge is 0.343 e. The van der Waals surface area contributed by atoms with Gasteiger partial charge in [-0.2, -0.15) is 0 Å². The lowest BCUT2D eigenvalue weighted by molar-refractivity contribution is 0.0758. The lowest BCUT2D eigenvalue weighted by Crippen LogP contribution is -2.32. The molecule has 0 bridgehead atoms. The Morgan fingerprint density at radius 2 is 1.89 bits per heavy atom. The molecule has 1 atom stereocenters. The third-order valence-corrected chi connectivity index (χ3v) is 4.79. The second kappa shape index (κ2) is 8.66. The SMILES string of the molecule is CN(C)C(=O)c1cc(C[C@H]2CCCN(C(=O)c3cncnc3)CC2)ncn1. The Labute approximate surface area is 158 Å². The van der Waals surface area contributed by atoms with Gasteiger partial charge in [0.1, 0.15) is 18.3 Å². The van der Waals surface area contributed by atoms with Crippen molar-refractivity contribution in [1.29, 1.82) is 0 Å². The normalized spacial score (nSPS) is 17.3. The van der Waals surface area contributed by atoms with Crippen LogP contribution in [0, 0.1) is 5.92 Å². The van der Waals surface area contributed by atoms with Crippen LogP contribution in [0.2, 0.25) is 0 Å². The highest BCUT2D eigenvalue weighted by Crippen LogP contribution is 2.22. The molecule has 0 spiro atoms. The highest BCUT2D eigenvalue weighted by atomic mass is 16.2. The number of carbonyl (C=O) groups excluding carboxylic acids is 2. The molecule has 8 heteroatoms. The maximum Gasteiger partial charge on any atom is 0.272 e. The predicted octanol–water partition coefficient (Wildman–Crippen LogP) is 1.45. The Morgan fingerprint density at radius 1 is 1.11 bits per heavy atom. The van der Waals surface area contributed by atoms with Crippen LogP contribution in [0.4, 0.5) is 0 Å². The quantitative estimate of drug-likeness (QED) is 0.811. The van der Waals surface area contributed by atoms with Gasteiger partial charge in [0.05, 0.1) is 5.56 Å². The second-order valence-electron chi connectivity index (χ2n) is 7.01. The van der Waals surface area contributed by atoms with Gasteiger partial charge >= 0.3 is 0 Å². The van der Waals surface area contributed by atoms with Crippen molar-refractivity contribution in [3.8, 4) is 0 Å². The molecule has 0 radical (unpaired) electrons. The van der Waals surface area contributed by atoms with E-state index < -0.39 is 0 Å². The number of hydrogen-bond donors (Lipinski definition) is 0. The van der Waals surface area contributed by atoms with E-state index in [1.807, 2.05) is 4.90 Å². The van der Waals surface area contributed by atoms with Gasteiger partial charge in [0.25, 0.3) is 11.8 Å². The molecule has 27 heavy (non-hydrogen) atoms. The molecule has 1 fully saturated rings. The van der Waals surface area contributed by atoms with E-state index in [0.717, 1.165) is 37.9 Å². The van der Waals surface area contributed by atoms with Crippen molar-refractivity contribution in [2.24, 2.45) is 5.92 Å². The molecule has 0 aromatic carbocycles. The molecule has 0 N–H and O–H groups in total. The number of likely N-dealkylation sites (tertiary alicyclic amines) is 1. The minimum absolute atomic E-state index is 0.0165. The van der Waals surface area contributed by atoms with Gasteiger partial charge in [-0.1, -0.05) is 0 Å². The molecule has 0 unspecified atom stereocenters. The van der Waals surface area contributed by atoms with Crippen molar-refractivity contribution in [3.63, 3.8) is 0 Å². The summed E-state index contributed by atoms with van der Waals surface area (Å²) in [6.07, 6.45) is 9.64. The van der Waals surface area contributed by atoms with Crippen molar-refractivity contribution in [2.45, 2.75) is 25.7 Å². The Morgan fingerprint density at radius 3 is 2.63 bits per heavy atom. The fourth-order valence-electron chi connectivity index (χ4n) is 3.32. The van der Waals surface area contributed by atoms with E-state index in [1.54, 1.807) is 32.6 Å². The van der Waals surface area contributed by atoms with E-state index >= 15 is 0 Å². The van der Waals surface area contributed by atoms with Crippen LogP contribution in [-0.4, -0.2) is 68.7 Å². The predicted molar refractivity (Wildman–Crippen MR) is 99.0 cm³/mol. The lowest BCUT2D eigenvalue weighted by atomic mass is 9.95. The first-order valence-electron chi connectivity index (χ1n) is 9.11. The topological polar surface area (TPSA) is 92.2 Å². The molecular weight excluding hydrogens is 344 g/mol. The Kier molecular flexibility index (Phi) is 6.05. The summed E-state index contributed by atoms with van der Waals surface area (Å²) in [5.74, 6) is 0.283. The highest BCUT2D eigenvalue weighted by Gasteiger charge is 2.23. The molecule has 2 aromatic rings. The molecule has 3 heterocycles.